The molecule has 1 aromatic carbocycles. The molecule has 4 rings (SSSR count). The molecule has 144 valence electrons. The lowest BCUT2D eigenvalue weighted by atomic mass is 10.0. The monoisotopic (exact) mass is 383 g/mol. The van der Waals surface area contributed by atoms with Crippen molar-refractivity contribution in [2.45, 2.75) is 25.3 Å². The van der Waals surface area contributed by atoms with Crippen molar-refractivity contribution in [2.24, 2.45) is 0 Å². The summed E-state index contributed by atoms with van der Waals surface area (Å²) in [6.07, 6.45) is 2.18. The second-order valence-electron chi connectivity index (χ2n) is 6.91. The van der Waals surface area contributed by atoms with Crippen molar-refractivity contribution in [1.82, 2.24) is 10.2 Å². The first-order chi connectivity index (χ1) is 13.4. The van der Waals surface area contributed by atoms with Gasteiger partial charge in [-0.05, 0) is 31.0 Å². The van der Waals surface area contributed by atoms with Gasteiger partial charge in [0.2, 0.25) is 11.8 Å². The highest BCUT2D eigenvalue weighted by Crippen LogP contribution is 2.31. The average molecular weight is 383 g/mol. The molecule has 3 heterocycles. The van der Waals surface area contributed by atoms with Crippen LogP contribution in [0.1, 0.15) is 40.0 Å². The quantitative estimate of drug-likeness (QED) is 0.720. The summed E-state index contributed by atoms with van der Waals surface area (Å²) in [6, 6.07) is 3.86. The smallest absolute Gasteiger partial charge is 0.331 e. The number of carbonyl (C=O) groups is 5. The molecular formula is C19H17N3O6. The molecule has 2 N–H and O–H groups in total. The SMILES string of the molecule is O=C1CCC(N2C(=O)c3ccc(N4CC=C(C(=O)O)CC4)cc3C2=O)C(=O)N1. The van der Waals surface area contributed by atoms with Crippen LogP contribution in [0, 0.1) is 0 Å². The summed E-state index contributed by atoms with van der Waals surface area (Å²) in [5.41, 5.74) is 1.48. The maximum atomic E-state index is 12.8. The van der Waals surface area contributed by atoms with Crippen LogP contribution in [0.25, 0.3) is 0 Å². The summed E-state index contributed by atoms with van der Waals surface area (Å²) in [5, 5.41) is 11.2. The lowest BCUT2D eigenvalue weighted by Gasteiger charge is -2.28. The van der Waals surface area contributed by atoms with Crippen LogP contribution in [0.5, 0.6) is 0 Å². The minimum Gasteiger partial charge on any atom is -0.478 e. The third-order valence-corrected chi connectivity index (χ3v) is 5.27. The predicted molar refractivity (Wildman–Crippen MR) is 95.7 cm³/mol. The van der Waals surface area contributed by atoms with E-state index in [9.17, 15) is 24.0 Å². The summed E-state index contributed by atoms with van der Waals surface area (Å²) in [5.74, 6) is -3.11. The molecule has 1 fully saturated rings. The molecule has 0 bridgehead atoms. The van der Waals surface area contributed by atoms with E-state index < -0.39 is 35.6 Å². The summed E-state index contributed by atoms with van der Waals surface area (Å²) in [6.45, 7) is 0.870. The minimum atomic E-state index is -0.996. The summed E-state index contributed by atoms with van der Waals surface area (Å²) < 4.78 is 0. The molecule has 1 atom stereocenters. The number of hydrogen-bond donors (Lipinski definition) is 2. The van der Waals surface area contributed by atoms with Crippen molar-refractivity contribution >= 4 is 35.3 Å². The number of carboxylic acid groups (broad SMARTS) is 1. The molecule has 0 aliphatic carbocycles. The van der Waals surface area contributed by atoms with Gasteiger partial charge in [0.1, 0.15) is 6.04 Å². The summed E-state index contributed by atoms with van der Waals surface area (Å²) >= 11 is 0. The number of anilines is 1. The van der Waals surface area contributed by atoms with Crippen molar-refractivity contribution < 1.29 is 29.1 Å². The van der Waals surface area contributed by atoms with Crippen LogP contribution in [0.3, 0.4) is 0 Å². The zero-order valence-corrected chi connectivity index (χ0v) is 14.8. The fraction of sp³-hybridized carbons (Fsp3) is 0.316. The van der Waals surface area contributed by atoms with Crippen LogP contribution < -0.4 is 10.2 Å². The molecule has 9 heteroatoms. The van der Waals surface area contributed by atoms with Crippen molar-refractivity contribution in [2.75, 3.05) is 18.0 Å². The zero-order chi connectivity index (χ0) is 20.0. The van der Waals surface area contributed by atoms with E-state index in [1.807, 2.05) is 4.90 Å². The molecule has 1 aromatic rings. The van der Waals surface area contributed by atoms with Gasteiger partial charge >= 0.3 is 5.97 Å². The van der Waals surface area contributed by atoms with E-state index in [1.54, 1.807) is 24.3 Å². The number of nitrogens with one attached hydrogen (secondary N) is 1. The van der Waals surface area contributed by atoms with E-state index >= 15 is 0 Å². The van der Waals surface area contributed by atoms with E-state index in [0.717, 1.165) is 4.90 Å². The topological polar surface area (TPSA) is 124 Å². The lowest BCUT2D eigenvalue weighted by Crippen LogP contribution is -2.54. The fourth-order valence-corrected chi connectivity index (χ4v) is 3.75. The van der Waals surface area contributed by atoms with Gasteiger partial charge in [-0.15, -0.1) is 0 Å². The van der Waals surface area contributed by atoms with Gasteiger partial charge < -0.3 is 10.0 Å². The number of fused-ring (bicyclic) bond motifs is 1. The number of carboxylic acids is 1. The fourth-order valence-electron chi connectivity index (χ4n) is 3.75. The molecule has 1 saturated heterocycles. The number of carbonyl (C=O) groups excluding carboxylic acids is 4. The summed E-state index contributed by atoms with van der Waals surface area (Å²) in [7, 11) is 0. The van der Waals surface area contributed by atoms with Crippen LogP contribution in [0.4, 0.5) is 5.69 Å². The number of nitrogens with zero attached hydrogens (tertiary/aromatic N) is 2. The first-order valence-electron chi connectivity index (χ1n) is 8.89. The lowest BCUT2D eigenvalue weighted by molar-refractivity contribution is -0.136. The van der Waals surface area contributed by atoms with E-state index in [4.69, 9.17) is 5.11 Å². The van der Waals surface area contributed by atoms with Crippen molar-refractivity contribution in [1.29, 1.82) is 0 Å². The highest BCUT2D eigenvalue weighted by atomic mass is 16.4. The van der Waals surface area contributed by atoms with Gasteiger partial charge in [-0.25, -0.2) is 4.79 Å². The third-order valence-electron chi connectivity index (χ3n) is 5.27. The number of amides is 4. The van der Waals surface area contributed by atoms with Crippen molar-refractivity contribution in [3.05, 3.63) is 41.0 Å². The highest BCUT2D eigenvalue weighted by Gasteiger charge is 2.44. The Morgan fingerprint density at radius 3 is 2.46 bits per heavy atom. The summed E-state index contributed by atoms with van der Waals surface area (Å²) in [4.78, 5) is 62.8. The second-order valence-corrected chi connectivity index (χ2v) is 6.91. The second kappa shape index (κ2) is 6.59. The predicted octanol–water partition coefficient (Wildman–Crippen LogP) is 0.309. The Balaban J connectivity index is 1.59. The normalized spacial score (nSPS) is 22.1. The van der Waals surface area contributed by atoms with Crippen LogP contribution in [-0.2, 0) is 14.4 Å². The highest BCUT2D eigenvalue weighted by molar-refractivity contribution is 6.23. The zero-order valence-electron chi connectivity index (χ0n) is 14.8. The third kappa shape index (κ3) is 2.84. The van der Waals surface area contributed by atoms with E-state index in [2.05, 4.69) is 5.32 Å². The van der Waals surface area contributed by atoms with Gasteiger partial charge in [-0.2, -0.15) is 0 Å². The van der Waals surface area contributed by atoms with Crippen molar-refractivity contribution in [3.63, 3.8) is 0 Å². The first kappa shape index (κ1) is 17.9. The molecule has 0 aromatic heterocycles. The molecule has 9 nitrogen and oxygen atoms in total. The van der Waals surface area contributed by atoms with E-state index in [0.29, 0.717) is 30.8 Å². The Bertz CT molecular complexity index is 966. The maximum absolute atomic E-state index is 12.8. The van der Waals surface area contributed by atoms with Gasteiger partial charge in [0.15, 0.2) is 0 Å². The van der Waals surface area contributed by atoms with E-state index in [1.165, 1.54) is 0 Å². The van der Waals surface area contributed by atoms with Crippen LogP contribution >= 0.6 is 0 Å². The van der Waals surface area contributed by atoms with Gasteiger partial charge in [0.25, 0.3) is 11.8 Å². The van der Waals surface area contributed by atoms with Crippen LogP contribution in [0.2, 0.25) is 0 Å². The number of benzene rings is 1. The largest absolute Gasteiger partial charge is 0.478 e. The maximum Gasteiger partial charge on any atom is 0.331 e. The number of aliphatic carboxylic acids is 1. The molecule has 0 saturated carbocycles. The molecular weight excluding hydrogens is 366 g/mol. The molecule has 0 spiro atoms. The first-order valence-corrected chi connectivity index (χ1v) is 8.89. The number of rotatable bonds is 3. The van der Waals surface area contributed by atoms with E-state index in [-0.39, 0.29) is 24.0 Å². The van der Waals surface area contributed by atoms with Gasteiger partial charge in [-0.1, -0.05) is 6.08 Å². The van der Waals surface area contributed by atoms with Crippen LogP contribution in [-0.4, -0.2) is 58.7 Å². The molecule has 28 heavy (non-hydrogen) atoms. The molecule has 3 aliphatic rings. The Labute approximate surface area is 159 Å². The minimum absolute atomic E-state index is 0.0705. The molecule has 3 aliphatic heterocycles. The van der Waals surface area contributed by atoms with Gasteiger partial charge in [0.05, 0.1) is 11.1 Å². The standard InChI is InChI=1S/C19H17N3O6/c23-15-4-3-14(16(24)20-15)22-17(25)12-2-1-11(9-13(12)18(22)26)21-7-5-10(6-8-21)19(27)28/h1-2,5,9,14H,3-4,6-8H2,(H,27,28)(H,20,23,24). The Hall–Kier alpha value is -3.49. The number of piperidine rings is 1. The van der Waals surface area contributed by atoms with Crippen LogP contribution in [0.15, 0.2) is 29.8 Å². The molecule has 4 amide bonds. The van der Waals surface area contributed by atoms with Crippen molar-refractivity contribution in [3.8, 4) is 0 Å². The molecule has 0 radical (unpaired) electrons. The Kier molecular flexibility index (Phi) is 4.21. The molecule has 1 unspecified atom stereocenters. The number of imide groups is 2. The Morgan fingerprint density at radius 1 is 1.07 bits per heavy atom. The van der Waals surface area contributed by atoms with Gasteiger partial charge in [0, 0.05) is 30.8 Å². The average Bonchev–Trinajstić information content (AvgIpc) is 2.92. The van der Waals surface area contributed by atoms with Gasteiger partial charge in [-0.3, -0.25) is 29.4 Å². The Morgan fingerprint density at radius 2 is 1.82 bits per heavy atom. The number of hydrogen-bond acceptors (Lipinski definition) is 6.